The van der Waals surface area contributed by atoms with Crippen LogP contribution in [0.4, 0.5) is 0 Å². The first-order valence-electron chi connectivity index (χ1n) is 7.84. The summed E-state index contributed by atoms with van der Waals surface area (Å²) in [5.74, 6) is 0.287. The van der Waals surface area contributed by atoms with E-state index in [9.17, 15) is 14.7 Å². The smallest absolute Gasteiger partial charge is 0.336 e. The van der Waals surface area contributed by atoms with Crippen LogP contribution in [0.3, 0.4) is 0 Å². The van der Waals surface area contributed by atoms with E-state index in [1.807, 2.05) is 13.8 Å². The average Bonchev–Trinajstić information content (AvgIpc) is 2.53. The van der Waals surface area contributed by atoms with E-state index in [-0.39, 0.29) is 24.7 Å². The van der Waals surface area contributed by atoms with Crippen LogP contribution in [0.5, 0.6) is 5.75 Å². The fourth-order valence-corrected chi connectivity index (χ4v) is 2.16. The zero-order valence-electron chi connectivity index (χ0n) is 14.2. The molecule has 1 atom stereocenters. The highest BCUT2D eigenvalue weighted by Gasteiger charge is 2.18. The highest BCUT2D eigenvalue weighted by molar-refractivity contribution is 5.90. The molecule has 0 aliphatic carbocycles. The summed E-state index contributed by atoms with van der Waals surface area (Å²) in [5.41, 5.74) is 0.971. The van der Waals surface area contributed by atoms with Crippen molar-refractivity contribution in [2.24, 2.45) is 5.92 Å². The third-order valence-electron chi connectivity index (χ3n) is 3.81. The molecule has 1 aromatic heterocycles. The van der Waals surface area contributed by atoms with Crippen LogP contribution < -0.4 is 10.4 Å². The van der Waals surface area contributed by atoms with Gasteiger partial charge in [0.25, 0.3) is 0 Å². The zero-order valence-corrected chi connectivity index (χ0v) is 14.2. The Morgan fingerprint density at radius 1 is 1.29 bits per heavy atom. The van der Waals surface area contributed by atoms with Gasteiger partial charge in [0, 0.05) is 29.4 Å². The maximum Gasteiger partial charge on any atom is 0.336 e. The number of rotatable bonds is 7. The van der Waals surface area contributed by atoms with E-state index in [4.69, 9.17) is 9.15 Å². The van der Waals surface area contributed by atoms with Crippen LogP contribution in [-0.2, 0) is 11.2 Å². The van der Waals surface area contributed by atoms with Gasteiger partial charge in [0.2, 0.25) is 0 Å². The second kappa shape index (κ2) is 7.45. The number of ketones is 1. The molecule has 128 valence electrons. The Labute approximate surface area is 140 Å². The standard InChI is InChI=1S/C19H22O5/c1-11(2)15(20)9-14-17(23-10-16(21)12(3)4)7-5-13-6-8-18(22)24-19(13)14/h5-8,11,16,21H,3,9-10H2,1-2,4H3/t16-/m1/s1. The van der Waals surface area contributed by atoms with Gasteiger partial charge in [-0.15, -0.1) is 0 Å². The summed E-state index contributed by atoms with van der Waals surface area (Å²) in [6.07, 6.45) is -0.711. The van der Waals surface area contributed by atoms with Gasteiger partial charge in [-0.3, -0.25) is 4.79 Å². The number of Topliss-reactive ketones (excluding diaryl/α,β-unsaturated/α-hetero) is 1. The Kier molecular flexibility index (Phi) is 5.57. The van der Waals surface area contributed by atoms with Crippen molar-refractivity contribution in [3.63, 3.8) is 0 Å². The Morgan fingerprint density at radius 2 is 1.96 bits per heavy atom. The van der Waals surface area contributed by atoms with Crippen molar-refractivity contribution in [3.05, 3.63) is 52.4 Å². The van der Waals surface area contributed by atoms with Crippen molar-refractivity contribution in [1.29, 1.82) is 0 Å². The Morgan fingerprint density at radius 3 is 2.58 bits per heavy atom. The van der Waals surface area contributed by atoms with Gasteiger partial charge in [0.1, 0.15) is 29.8 Å². The van der Waals surface area contributed by atoms with E-state index in [0.29, 0.717) is 27.9 Å². The van der Waals surface area contributed by atoms with Crippen molar-refractivity contribution in [2.45, 2.75) is 33.3 Å². The van der Waals surface area contributed by atoms with Crippen molar-refractivity contribution < 1.29 is 19.1 Å². The fraction of sp³-hybridized carbons (Fsp3) is 0.368. The summed E-state index contributed by atoms with van der Waals surface area (Å²) >= 11 is 0. The van der Waals surface area contributed by atoms with Crippen molar-refractivity contribution in [1.82, 2.24) is 0 Å². The molecule has 2 aromatic rings. The third-order valence-corrected chi connectivity index (χ3v) is 3.81. The first kappa shape index (κ1) is 17.9. The van der Waals surface area contributed by atoms with E-state index in [1.54, 1.807) is 25.1 Å². The zero-order chi connectivity index (χ0) is 17.9. The number of hydrogen-bond donors (Lipinski definition) is 1. The monoisotopic (exact) mass is 330 g/mol. The quantitative estimate of drug-likeness (QED) is 0.624. The number of hydrogen-bond acceptors (Lipinski definition) is 5. The largest absolute Gasteiger partial charge is 0.490 e. The second-order valence-corrected chi connectivity index (χ2v) is 6.19. The summed E-state index contributed by atoms with van der Waals surface area (Å²) in [6.45, 7) is 9.03. The first-order chi connectivity index (χ1) is 11.3. The minimum atomic E-state index is -0.808. The maximum atomic E-state index is 12.2. The maximum absolute atomic E-state index is 12.2. The van der Waals surface area contributed by atoms with Crippen LogP contribution in [0.25, 0.3) is 11.0 Å². The Bertz CT molecular complexity index is 816. The SMILES string of the molecule is C=C(C)[C@H](O)COc1ccc2ccc(=O)oc2c1CC(=O)C(C)C. The molecule has 0 spiro atoms. The lowest BCUT2D eigenvalue weighted by Crippen LogP contribution is -2.19. The van der Waals surface area contributed by atoms with Crippen LogP contribution >= 0.6 is 0 Å². The minimum Gasteiger partial charge on any atom is -0.490 e. The number of carbonyl (C=O) groups is 1. The van der Waals surface area contributed by atoms with Gasteiger partial charge < -0.3 is 14.3 Å². The number of aliphatic hydroxyl groups is 1. The molecule has 0 bridgehead atoms. The Balaban J connectivity index is 2.46. The lowest BCUT2D eigenvalue weighted by molar-refractivity contribution is -0.121. The summed E-state index contributed by atoms with van der Waals surface area (Å²) in [6, 6.07) is 6.46. The van der Waals surface area contributed by atoms with Gasteiger partial charge in [-0.25, -0.2) is 4.79 Å². The first-order valence-corrected chi connectivity index (χ1v) is 7.84. The van der Waals surface area contributed by atoms with Crippen molar-refractivity contribution in [2.75, 3.05) is 6.61 Å². The minimum absolute atomic E-state index is 0.0132. The van der Waals surface area contributed by atoms with E-state index in [2.05, 4.69) is 6.58 Å². The molecule has 5 nitrogen and oxygen atoms in total. The number of ether oxygens (including phenoxy) is 1. The molecule has 1 N–H and O–H groups in total. The predicted molar refractivity (Wildman–Crippen MR) is 92.3 cm³/mol. The number of fused-ring (bicyclic) bond motifs is 1. The molecule has 5 heteroatoms. The summed E-state index contributed by atoms with van der Waals surface area (Å²) in [5, 5.41) is 10.6. The molecule has 1 aromatic carbocycles. The number of carbonyl (C=O) groups excluding carboxylic acids is 1. The number of benzene rings is 1. The van der Waals surface area contributed by atoms with Crippen LogP contribution in [0, 0.1) is 5.92 Å². The van der Waals surface area contributed by atoms with Gasteiger partial charge in [0.05, 0.1) is 0 Å². The molecule has 24 heavy (non-hydrogen) atoms. The van der Waals surface area contributed by atoms with E-state index in [1.165, 1.54) is 6.07 Å². The lowest BCUT2D eigenvalue weighted by atomic mass is 9.98. The molecule has 2 rings (SSSR count). The molecule has 0 aliphatic heterocycles. The van der Waals surface area contributed by atoms with Crippen molar-refractivity contribution in [3.8, 4) is 5.75 Å². The highest BCUT2D eigenvalue weighted by atomic mass is 16.5. The van der Waals surface area contributed by atoms with Crippen LogP contribution in [0.15, 0.2) is 45.6 Å². The predicted octanol–water partition coefficient (Wildman–Crippen LogP) is 2.88. The van der Waals surface area contributed by atoms with Gasteiger partial charge in [-0.05, 0) is 30.7 Å². The molecule has 0 aliphatic rings. The van der Waals surface area contributed by atoms with Gasteiger partial charge in [0.15, 0.2) is 0 Å². The van der Waals surface area contributed by atoms with Crippen LogP contribution in [0.2, 0.25) is 0 Å². The molecular weight excluding hydrogens is 308 g/mol. The highest BCUT2D eigenvalue weighted by Crippen LogP contribution is 2.29. The molecule has 0 fully saturated rings. The fourth-order valence-electron chi connectivity index (χ4n) is 2.16. The van der Waals surface area contributed by atoms with Gasteiger partial charge in [-0.2, -0.15) is 0 Å². The topological polar surface area (TPSA) is 76.7 Å². The second-order valence-electron chi connectivity index (χ2n) is 6.19. The molecular formula is C19H22O5. The van der Waals surface area contributed by atoms with Gasteiger partial charge in [-0.1, -0.05) is 20.4 Å². The Hall–Kier alpha value is -2.40. The van der Waals surface area contributed by atoms with Crippen LogP contribution in [-0.4, -0.2) is 23.6 Å². The lowest BCUT2D eigenvalue weighted by Gasteiger charge is -2.16. The third kappa shape index (κ3) is 4.11. The van der Waals surface area contributed by atoms with Crippen LogP contribution in [0.1, 0.15) is 26.3 Å². The molecule has 0 saturated heterocycles. The van der Waals surface area contributed by atoms with Gasteiger partial charge >= 0.3 is 5.63 Å². The molecule has 0 radical (unpaired) electrons. The number of aliphatic hydroxyl groups excluding tert-OH is 1. The van der Waals surface area contributed by atoms with E-state index < -0.39 is 11.7 Å². The normalized spacial score (nSPS) is 12.4. The average molecular weight is 330 g/mol. The van der Waals surface area contributed by atoms with Crippen molar-refractivity contribution >= 4 is 16.8 Å². The van der Waals surface area contributed by atoms with E-state index in [0.717, 1.165) is 0 Å². The summed E-state index contributed by atoms with van der Waals surface area (Å²) in [7, 11) is 0. The molecule has 1 heterocycles. The molecule has 0 unspecified atom stereocenters. The summed E-state index contributed by atoms with van der Waals surface area (Å²) in [4.78, 5) is 23.8. The molecule has 0 amide bonds. The van der Waals surface area contributed by atoms with E-state index >= 15 is 0 Å². The summed E-state index contributed by atoms with van der Waals surface area (Å²) < 4.78 is 11.0. The molecule has 0 saturated carbocycles.